The van der Waals surface area contributed by atoms with E-state index >= 15 is 0 Å². The number of nitrogens with zero attached hydrogens (tertiary/aromatic N) is 1. The van der Waals surface area contributed by atoms with Gasteiger partial charge in [-0.1, -0.05) is 25.4 Å². The number of Topliss-reactive ketones (excluding diaryl/α,β-unsaturated/α-hetero) is 1. The fourth-order valence-electron chi connectivity index (χ4n) is 0.664. The van der Waals surface area contributed by atoms with Crippen molar-refractivity contribution in [3.8, 4) is 0 Å². The molecule has 0 aromatic rings. The molecule has 0 spiro atoms. The molecule has 0 bridgehead atoms. The molecule has 0 aliphatic rings. The fourth-order valence-corrected chi connectivity index (χ4v) is 0.664. The summed E-state index contributed by atoms with van der Waals surface area (Å²) < 4.78 is 0. The van der Waals surface area contributed by atoms with Gasteiger partial charge in [0.1, 0.15) is 5.71 Å². The summed E-state index contributed by atoms with van der Waals surface area (Å²) in [7, 11) is 0. The molecule has 1 atom stereocenters. The maximum Gasteiger partial charge on any atom is 0.180 e. The van der Waals surface area contributed by atoms with Crippen LogP contribution in [0.2, 0.25) is 0 Å². The Bertz CT molecular complexity index is 163. The van der Waals surface area contributed by atoms with E-state index in [9.17, 15) is 4.79 Å². The van der Waals surface area contributed by atoms with Crippen LogP contribution < -0.4 is 0 Å². The minimum Gasteiger partial charge on any atom is -0.411 e. The Kier molecular flexibility index (Phi) is 4.50. The number of carbonyl (C=O) groups excluding carboxylic acids is 1. The maximum absolute atomic E-state index is 11.1. The predicted octanol–water partition coefficient (Wildman–Crippen LogP) is 1.84. The first kappa shape index (κ1) is 10.1. The Morgan fingerprint density at radius 2 is 2.18 bits per heavy atom. The molecule has 0 saturated heterocycles. The van der Waals surface area contributed by atoms with Crippen molar-refractivity contribution in [3.63, 3.8) is 0 Å². The van der Waals surface area contributed by atoms with Crippen molar-refractivity contribution in [2.75, 3.05) is 0 Å². The molecule has 0 saturated carbocycles. The van der Waals surface area contributed by atoms with E-state index in [0.29, 0.717) is 12.3 Å². The monoisotopic (exact) mass is 157 g/mol. The smallest absolute Gasteiger partial charge is 0.180 e. The molecule has 0 radical (unpaired) electrons. The Labute approximate surface area is 67.1 Å². The van der Waals surface area contributed by atoms with Crippen molar-refractivity contribution in [2.24, 2.45) is 11.1 Å². The Morgan fingerprint density at radius 1 is 1.64 bits per heavy atom. The lowest BCUT2D eigenvalue weighted by molar-refractivity contribution is -0.113. The van der Waals surface area contributed by atoms with Gasteiger partial charge in [-0.15, -0.1) is 0 Å². The third kappa shape index (κ3) is 3.75. The molecule has 0 heterocycles. The number of oxime groups is 1. The molecule has 0 aliphatic carbocycles. The fraction of sp³-hybridized carbons (Fsp3) is 0.750. The van der Waals surface area contributed by atoms with Crippen molar-refractivity contribution in [1.29, 1.82) is 0 Å². The molecule has 11 heavy (non-hydrogen) atoms. The minimum atomic E-state index is -0.0677. The molecule has 64 valence electrons. The van der Waals surface area contributed by atoms with E-state index in [1.807, 2.05) is 13.8 Å². The van der Waals surface area contributed by atoms with Crippen molar-refractivity contribution in [3.05, 3.63) is 0 Å². The molecule has 0 rings (SSSR count). The second kappa shape index (κ2) is 4.88. The topological polar surface area (TPSA) is 49.7 Å². The summed E-state index contributed by atoms with van der Waals surface area (Å²) in [4.78, 5) is 11.1. The van der Waals surface area contributed by atoms with E-state index in [4.69, 9.17) is 5.21 Å². The first-order chi connectivity index (χ1) is 5.11. The average Bonchev–Trinajstić information content (AvgIpc) is 2.02. The lowest BCUT2D eigenvalue weighted by Crippen LogP contribution is -2.13. The van der Waals surface area contributed by atoms with Gasteiger partial charge in [0.15, 0.2) is 5.78 Å². The van der Waals surface area contributed by atoms with Crippen LogP contribution in [-0.2, 0) is 4.79 Å². The van der Waals surface area contributed by atoms with E-state index in [2.05, 4.69) is 5.16 Å². The zero-order chi connectivity index (χ0) is 8.85. The molecule has 1 N–H and O–H groups in total. The van der Waals surface area contributed by atoms with Gasteiger partial charge < -0.3 is 5.21 Å². The molecule has 1 unspecified atom stereocenters. The van der Waals surface area contributed by atoms with Crippen LogP contribution in [-0.4, -0.2) is 16.7 Å². The summed E-state index contributed by atoms with van der Waals surface area (Å²) in [5, 5.41) is 11.1. The van der Waals surface area contributed by atoms with E-state index < -0.39 is 0 Å². The Hall–Kier alpha value is -0.860. The number of hydrogen-bond acceptors (Lipinski definition) is 3. The molecular formula is C8H15NO2. The van der Waals surface area contributed by atoms with E-state index in [0.717, 1.165) is 6.42 Å². The van der Waals surface area contributed by atoms with Crippen LogP contribution in [0, 0.1) is 5.92 Å². The van der Waals surface area contributed by atoms with E-state index in [1.165, 1.54) is 6.92 Å². The molecule has 3 nitrogen and oxygen atoms in total. The quantitative estimate of drug-likeness (QED) is 0.384. The summed E-state index contributed by atoms with van der Waals surface area (Å²) >= 11 is 0. The summed E-state index contributed by atoms with van der Waals surface area (Å²) in [5.74, 6) is 0.307. The first-order valence-electron chi connectivity index (χ1n) is 3.83. The van der Waals surface area contributed by atoms with Gasteiger partial charge in [-0.25, -0.2) is 0 Å². The van der Waals surface area contributed by atoms with Gasteiger partial charge in [0.2, 0.25) is 0 Å². The van der Waals surface area contributed by atoms with Gasteiger partial charge in [0.05, 0.1) is 0 Å². The molecule has 0 aromatic heterocycles. The van der Waals surface area contributed by atoms with E-state index in [1.54, 1.807) is 0 Å². The molecule has 0 amide bonds. The Morgan fingerprint density at radius 3 is 2.55 bits per heavy atom. The number of hydrogen-bond donors (Lipinski definition) is 1. The summed E-state index contributed by atoms with van der Waals surface area (Å²) in [6.45, 7) is 5.55. The zero-order valence-electron chi connectivity index (χ0n) is 7.29. The largest absolute Gasteiger partial charge is 0.411 e. The van der Waals surface area contributed by atoms with Crippen LogP contribution in [0.5, 0.6) is 0 Å². The van der Waals surface area contributed by atoms with Gasteiger partial charge in [0, 0.05) is 6.42 Å². The van der Waals surface area contributed by atoms with Crippen molar-refractivity contribution in [1.82, 2.24) is 0 Å². The highest BCUT2D eigenvalue weighted by Gasteiger charge is 2.10. The zero-order valence-corrected chi connectivity index (χ0v) is 7.29. The highest BCUT2D eigenvalue weighted by atomic mass is 16.4. The highest BCUT2D eigenvalue weighted by molar-refractivity contribution is 6.38. The van der Waals surface area contributed by atoms with Crippen molar-refractivity contribution >= 4 is 11.5 Å². The average molecular weight is 157 g/mol. The van der Waals surface area contributed by atoms with Crippen LogP contribution in [0.3, 0.4) is 0 Å². The summed E-state index contributed by atoms with van der Waals surface area (Å²) in [6.07, 6.45) is 1.46. The van der Waals surface area contributed by atoms with Crippen LogP contribution in [0.25, 0.3) is 0 Å². The van der Waals surface area contributed by atoms with Crippen molar-refractivity contribution < 1.29 is 10.0 Å². The van der Waals surface area contributed by atoms with Crippen LogP contribution in [0.4, 0.5) is 0 Å². The highest BCUT2D eigenvalue weighted by Crippen LogP contribution is 2.07. The normalized spacial score (nSPS) is 14.6. The molecular weight excluding hydrogens is 142 g/mol. The van der Waals surface area contributed by atoms with Crippen LogP contribution >= 0.6 is 0 Å². The lowest BCUT2D eigenvalue weighted by Gasteiger charge is -2.04. The van der Waals surface area contributed by atoms with Gasteiger partial charge in [-0.05, 0) is 12.8 Å². The first-order valence-corrected chi connectivity index (χ1v) is 3.83. The number of ketones is 1. The van der Waals surface area contributed by atoms with Crippen LogP contribution in [0.1, 0.15) is 33.6 Å². The second-order valence-electron chi connectivity index (χ2n) is 2.83. The molecule has 0 aromatic carbocycles. The number of carbonyl (C=O) groups is 1. The Balaban J connectivity index is 3.88. The summed E-state index contributed by atoms with van der Waals surface area (Å²) in [5.41, 5.74) is 0.199. The van der Waals surface area contributed by atoms with Gasteiger partial charge >= 0.3 is 0 Å². The third-order valence-electron chi connectivity index (χ3n) is 1.78. The van der Waals surface area contributed by atoms with Crippen molar-refractivity contribution in [2.45, 2.75) is 33.6 Å². The third-order valence-corrected chi connectivity index (χ3v) is 1.78. The molecule has 0 fully saturated rings. The SMILES string of the molecule is CCC(C)CC(=O)C(C)=NO. The van der Waals surface area contributed by atoms with Gasteiger partial charge in [0.25, 0.3) is 0 Å². The lowest BCUT2D eigenvalue weighted by atomic mass is 10.0. The van der Waals surface area contributed by atoms with Crippen LogP contribution in [0.15, 0.2) is 5.16 Å². The summed E-state index contributed by atoms with van der Waals surface area (Å²) in [6, 6.07) is 0. The van der Waals surface area contributed by atoms with E-state index in [-0.39, 0.29) is 11.5 Å². The minimum absolute atomic E-state index is 0.0677. The van der Waals surface area contributed by atoms with Gasteiger partial charge in [-0.3, -0.25) is 4.79 Å². The molecule has 3 heteroatoms. The predicted molar refractivity (Wildman–Crippen MR) is 44.0 cm³/mol. The molecule has 0 aliphatic heterocycles. The van der Waals surface area contributed by atoms with Gasteiger partial charge in [-0.2, -0.15) is 0 Å². The second-order valence-corrected chi connectivity index (χ2v) is 2.83. The number of rotatable bonds is 4. The maximum atomic E-state index is 11.1. The standard InChI is InChI=1S/C8H15NO2/c1-4-6(2)5-8(10)7(3)9-11/h6,11H,4-5H2,1-3H3.